The van der Waals surface area contributed by atoms with E-state index in [1.54, 1.807) is 35.9 Å². The Labute approximate surface area is 191 Å². The summed E-state index contributed by atoms with van der Waals surface area (Å²) in [5.41, 5.74) is 2.82. The standard InChI is InChI=1S/C23H16ClN5O2S/c1-13-25-11-20(28-22(31)21(30)17-10-26-18-5-3-2-4-16(17)18)29(13)23-27-19(12-32-23)14-6-8-15(24)9-7-14/h2-12,26H,1H3,(H,28,31). The number of aryl methyl sites for hydroxylation is 1. The van der Waals surface area contributed by atoms with Gasteiger partial charge in [0.15, 0.2) is 5.13 Å². The van der Waals surface area contributed by atoms with E-state index >= 15 is 0 Å². The maximum atomic E-state index is 12.8. The van der Waals surface area contributed by atoms with E-state index in [9.17, 15) is 9.59 Å². The lowest BCUT2D eigenvalue weighted by Crippen LogP contribution is -2.24. The van der Waals surface area contributed by atoms with Crippen LogP contribution in [0.4, 0.5) is 5.82 Å². The lowest BCUT2D eigenvalue weighted by Gasteiger charge is -2.08. The van der Waals surface area contributed by atoms with Gasteiger partial charge in [-0.3, -0.25) is 14.2 Å². The second kappa shape index (κ2) is 8.07. The minimum Gasteiger partial charge on any atom is -0.360 e. The van der Waals surface area contributed by atoms with Crippen molar-refractivity contribution in [2.45, 2.75) is 6.92 Å². The molecular formula is C23H16ClN5O2S. The summed E-state index contributed by atoms with van der Waals surface area (Å²) in [6.45, 7) is 1.81. The zero-order valence-electron chi connectivity index (χ0n) is 16.8. The SMILES string of the molecule is Cc1ncc(NC(=O)C(=O)c2c[nH]c3ccccc23)n1-c1nc(-c2ccc(Cl)cc2)cs1. The summed E-state index contributed by atoms with van der Waals surface area (Å²) in [5.74, 6) is -0.367. The van der Waals surface area contributed by atoms with Crippen molar-refractivity contribution >= 4 is 51.3 Å². The molecule has 0 radical (unpaired) electrons. The number of nitrogens with one attached hydrogen (secondary N) is 2. The molecule has 2 aromatic carbocycles. The van der Waals surface area contributed by atoms with Crippen LogP contribution in [0, 0.1) is 6.92 Å². The van der Waals surface area contributed by atoms with Crippen LogP contribution < -0.4 is 5.32 Å². The number of fused-ring (bicyclic) bond motifs is 1. The molecule has 3 heterocycles. The predicted molar refractivity (Wildman–Crippen MR) is 126 cm³/mol. The molecule has 9 heteroatoms. The summed E-state index contributed by atoms with van der Waals surface area (Å²) in [5, 5.41) is 6.58. The Morgan fingerprint density at radius 1 is 1.12 bits per heavy atom. The van der Waals surface area contributed by atoms with Gasteiger partial charge in [-0.1, -0.05) is 41.9 Å². The second-order valence-electron chi connectivity index (χ2n) is 7.08. The Balaban J connectivity index is 1.42. The monoisotopic (exact) mass is 461 g/mol. The van der Waals surface area contributed by atoms with E-state index in [-0.39, 0.29) is 0 Å². The molecule has 1 amide bonds. The summed E-state index contributed by atoms with van der Waals surface area (Å²) in [6.07, 6.45) is 3.06. The van der Waals surface area contributed by atoms with E-state index in [2.05, 4.69) is 20.3 Å². The zero-order valence-corrected chi connectivity index (χ0v) is 18.4. The molecule has 7 nitrogen and oxygen atoms in total. The summed E-state index contributed by atoms with van der Waals surface area (Å²) in [7, 11) is 0. The van der Waals surface area contributed by atoms with Crippen molar-refractivity contribution in [3.63, 3.8) is 0 Å². The van der Waals surface area contributed by atoms with Gasteiger partial charge in [-0.15, -0.1) is 11.3 Å². The maximum absolute atomic E-state index is 12.8. The molecule has 0 bridgehead atoms. The number of H-pyrrole nitrogens is 1. The number of rotatable bonds is 5. The summed E-state index contributed by atoms with van der Waals surface area (Å²) in [6, 6.07) is 14.7. The maximum Gasteiger partial charge on any atom is 0.298 e. The average Bonchev–Trinajstić information content (AvgIpc) is 3.52. The predicted octanol–water partition coefficient (Wildman–Crippen LogP) is 5.26. The normalized spacial score (nSPS) is 11.1. The van der Waals surface area contributed by atoms with Crippen molar-refractivity contribution in [2.75, 3.05) is 5.32 Å². The van der Waals surface area contributed by atoms with Crippen molar-refractivity contribution in [1.29, 1.82) is 0 Å². The first-order chi connectivity index (χ1) is 15.5. The first-order valence-corrected chi connectivity index (χ1v) is 10.9. The number of carbonyl (C=O) groups excluding carboxylic acids is 2. The Bertz CT molecular complexity index is 1470. The van der Waals surface area contributed by atoms with Gasteiger partial charge in [0.25, 0.3) is 11.7 Å². The molecule has 0 aliphatic carbocycles. The molecule has 5 aromatic rings. The largest absolute Gasteiger partial charge is 0.360 e. The van der Waals surface area contributed by atoms with Gasteiger partial charge in [0.1, 0.15) is 11.6 Å². The first kappa shape index (κ1) is 20.2. The third-order valence-electron chi connectivity index (χ3n) is 5.04. The average molecular weight is 462 g/mol. The Kier molecular flexibility index (Phi) is 5.08. The van der Waals surface area contributed by atoms with E-state index < -0.39 is 11.7 Å². The molecule has 0 saturated carbocycles. The van der Waals surface area contributed by atoms with E-state index in [4.69, 9.17) is 11.6 Å². The molecule has 158 valence electrons. The Morgan fingerprint density at radius 2 is 1.91 bits per heavy atom. The van der Waals surface area contributed by atoms with Crippen LogP contribution in [0.25, 0.3) is 27.3 Å². The van der Waals surface area contributed by atoms with Crippen LogP contribution in [-0.4, -0.2) is 31.2 Å². The highest BCUT2D eigenvalue weighted by molar-refractivity contribution is 7.12. The second-order valence-corrected chi connectivity index (χ2v) is 8.35. The minimum atomic E-state index is -0.745. The number of amides is 1. The fraction of sp³-hybridized carbons (Fsp3) is 0.0435. The number of carbonyl (C=O) groups is 2. The van der Waals surface area contributed by atoms with Crippen molar-refractivity contribution in [3.05, 3.63) is 82.7 Å². The summed E-state index contributed by atoms with van der Waals surface area (Å²) in [4.78, 5) is 37.6. The molecule has 5 rings (SSSR count). The first-order valence-electron chi connectivity index (χ1n) is 9.69. The molecule has 0 fully saturated rings. The molecule has 3 aromatic heterocycles. The number of imidazole rings is 1. The smallest absolute Gasteiger partial charge is 0.298 e. The van der Waals surface area contributed by atoms with E-state index in [1.165, 1.54) is 17.5 Å². The van der Waals surface area contributed by atoms with E-state index in [0.29, 0.717) is 32.7 Å². The van der Waals surface area contributed by atoms with E-state index in [0.717, 1.165) is 16.8 Å². The molecule has 0 aliphatic rings. The minimum absolute atomic E-state index is 0.320. The Morgan fingerprint density at radius 3 is 2.72 bits per heavy atom. The number of aromatic amines is 1. The molecule has 0 saturated heterocycles. The Hall–Kier alpha value is -3.75. The van der Waals surface area contributed by atoms with Crippen molar-refractivity contribution < 1.29 is 9.59 Å². The lowest BCUT2D eigenvalue weighted by atomic mass is 10.1. The van der Waals surface area contributed by atoms with Gasteiger partial charge in [-0.05, 0) is 25.1 Å². The number of hydrogen-bond acceptors (Lipinski definition) is 5. The summed E-state index contributed by atoms with van der Waals surface area (Å²) >= 11 is 7.38. The molecule has 2 N–H and O–H groups in total. The molecule has 32 heavy (non-hydrogen) atoms. The van der Waals surface area contributed by atoms with Crippen LogP contribution in [0.5, 0.6) is 0 Å². The third-order valence-corrected chi connectivity index (χ3v) is 6.12. The lowest BCUT2D eigenvalue weighted by molar-refractivity contribution is -0.112. The van der Waals surface area contributed by atoms with Gasteiger partial charge in [0.05, 0.1) is 17.5 Å². The molecule has 0 aliphatic heterocycles. The van der Waals surface area contributed by atoms with Crippen LogP contribution in [0.2, 0.25) is 5.02 Å². The quantitative estimate of drug-likeness (QED) is 0.276. The molecular weight excluding hydrogens is 446 g/mol. The van der Waals surface area contributed by atoms with Crippen molar-refractivity contribution in [2.24, 2.45) is 0 Å². The van der Waals surface area contributed by atoms with E-state index in [1.807, 2.05) is 35.7 Å². The molecule has 0 unspecified atom stereocenters. The fourth-order valence-electron chi connectivity index (χ4n) is 3.45. The topological polar surface area (TPSA) is 92.7 Å². The van der Waals surface area contributed by atoms with Gasteiger partial charge in [-0.2, -0.15) is 0 Å². The van der Waals surface area contributed by atoms with Gasteiger partial charge >= 0.3 is 0 Å². The number of aromatic nitrogens is 4. The van der Waals surface area contributed by atoms with Gasteiger partial charge in [-0.25, -0.2) is 9.97 Å². The number of ketones is 1. The van der Waals surface area contributed by atoms with Crippen LogP contribution >= 0.6 is 22.9 Å². The zero-order chi connectivity index (χ0) is 22.2. The number of thiazole rings is 1. The number of Topliss-reactive ketones (excluding diaryl/α,β-unsaturated/α-hetero) is 1. The van der Waals surface area contributed by atoms with Crippen LogP contribution in [-0.2, 0) is 4.79 Å². The van der Waals surface area contributed by atoms with Crippen molar-refractivity contribution in [1.82, 2.24) is 19.5 Å². The number of anilines is 1. The van der Waals surface area contributed by atoms with Gasteiger partial charge in [0, 0.05) is 33.1 Å². The highest BCUT2D eigenvalue weighted by atomic mass is 35.5. The summed E-state index contributed by atoms with van der Waals surface area (Å²) < 4.78 is 1.71. The van der Waals surface area contributed by atoms with Crippen LogP contribution in [0.3, 0.4) is 0 Å². The van der Waals surface area contributed by atoms with Crippen LogP contribution in [0.15, 0.2) is 66.3 Å². The number of nitrogens with zero attached hydrogens (tertiary/aromatic N) is 3. The number of hydrogen-bond donors (Lipinski definition) is 2. The third kappa shape index (κ3) is 3.59. The fourth-order valence-corrected chi connectivity index (χ4v) is 4.47. The van der Waals surface area contributed by atoms with Gasteiger partial charge in [0.2, 0.25) is 0 Å². The van der Waals surface area contributed by atoms with Crippen molar-refractivity contribution in [3.8, 4) is 16.4 Å². The highest BCUT2D eigenvalue weighted by Crippen LogP contribution is 2.28. The molecule has 0 spiro atoms. The number of halogens is 1. The number of benzene rings is 2. The highest BCUT2D eigenvalue weighted by Gasteiger charge is 2.22. The number of para-hydroxylation sites is 1. The molecule has 0 atom stereocenters. The van der Waals surface area contributed by atoms with Gasteiger partial charge < -0.3 is 10.3 Å². The van der Waals surface area contributed by atoms with Crippen LogP contribution in [0.1, 0.15) is 16.2 Å².